The van der Waals surface area contributed by atoms with Crippen LogP contribution in [-0.2, 0) is 0 Å². The molecule has 0 aliphatic carbocycles. The lowest BCUT2D eigenvalue weighted by Crippen LogP contribution is -2.08. The van der Waals surface area contributed by atoms with Crippen LogP contribution in [0.15, 0.2) is 27.4 Å². The van der Waals surface area contributed by atoms with Crippen molar-refractivity contribution in [3.05, 3.63) is 28.6 Å². The standard InChI is InChI=1S/C15H18O6/c1-9(8-16)5-6-20-15-12(19-2)7-11(17)10-3-4-13(18)21-14(10)15/h3-4,7,9,16-17H,5-6,8H2,1-2H3/t9-/m0/s1. The third-order valence-corrected chi connectivity index (χ3v) is 3.20. The summed E-state index contributed by atoms with van der Waals surface area (Å²) in [5.74, 6) is 0.604. The molecule has 1 aromatic heterocycles. The second-order valence-corrected chi connectivity index (χ2v) is 4.85. The SMILES string of the molecule is COc1cc(O)c2ccc(=O)oc2c1OCC[C@H](C)CO. The molecule has 2 rings (SSSR count). The maximum Gasteiger partial charge on any atom is 0.336 e. The van der Waals surface area contributed by atoms with Crippen molar-refractivity contribution in [1.82, 2.24) is 0 Å². The molecular weight excluding hydrogens is 276 g/mol. The minimum Gasteiger partial charge on any atom is -0.507 e. The van der Waals surface area contributed by atoms with Crippen molar-refractivity contribution in [2.45, 2.75) is 13.3 Å². The first-order chi connectivity index (χ1) is 10.1. The Labute approximate surface area is 121 Å². The fourth-order valence-corrected chi connectivity index (χ4v) is 1.91. The molecule has 0 unspecified atom stereocenters. The van der Waals surface area contributed by atoms with Crippen molar-refractivity contribution in [1.29, 1.82) is 0 Å². The highest BCUT2D eigenvalue weighted by atomic mass is 16.5. The molecule has 1 heterocycles. The van der Waals surface area contributed by atoms with E-state index in [0.717, 1.165) is 0 Å². The van der Waals surface area contributed by atoms with E-state index in [0.29, 0.717) is 18.4 Å². The lowest BCUT2D eigenvalue weighted by molar-refractivity contribution is 0.199. The van der Waals surface area contributed by atoms with Crippen molar-refractivity contribution in [2.24, 2.45) is 5.92 Å². The summed E-state index contributed by atoms with van der Waals surface area (Å²) >= 11 is 0. The van der Waals surface area contributed by atoms with Gasteiger partial charge in [-0.15, -0.1) is 0 Å². The monoisotopic (exact) mass is 294 g/mol. The van der Waals surface area contributed by atoms with Crippen LogP contribution in [-0.4, -0.2) is 30.5 Å². The van der Waals surface area contributed by atoms with E-state index in [2.05, 4.69) is 0 Å². The molecule has 1 aromatic carbocycles. The zero-order valence-corrected chi connectivity index (χ0v) is 12.0. The van der Waals surface area contributed by atoms with Gasteiger partial charge in [-0.2, -0.15) is 0 Å². The Bertz CT molecular complexity index is 676. The molecule has 0 saturated heterocycles. The van der Waals surface area contributed by atoms with Crippen LogP contribution >= 0.6 is 0 Å². The molecule has 114 valence electrons. The Morgan fingerprint density at radius 2 is 2.14 bits per heavy atom. The first-order valence-electron chi connectivity index (χ1n) is 6.64. The lowest BCUT2D eigenvalue weighted by Gasteiger charge is -2.14. The molecule has 0 aliphatic heterocycles. The van der Waals surface area contributed by atoms with Crippen LogP contribution < -0.4 is 15.1 Å². The largest absolute Gasteiger partial charge is 0.507 e. The van der Waals surface area contributed by atoms with E-state index < -0.39 is 5.63 Å². The molecule has 0 radical (unpaired) electrons. The third kappa shape index (κ3) is 3.28. The molecule has 1 atom stereocenters. The van der Waals surface area contributed by atoms with Crippen LogP contribution in [0.4, 0.5) is 0 Å². The average Bonchev–Trinajstić information content (AvgIpc) is 2.48. The van der Waals surface area contributed by atoms with E-state index in [-0.39, 0.29) is 35.4 Å². The molecule has 2 N–H and O–H groups in total. The molecule has 21 heavy (non-hydrogen) atoms. The van der Waals surface area contributed by atoms with Gasteiger partial charge in [-0.25, -0.2) is 4.79 Å². The van der Waals surface area contributed by atoms with E-state index in [1.165, 1.54) is 25.3 Å². The van der Waals surface area contributed by atoms with Crippen molar-refractivity contribution in [3.63, 3.8) is 0 Å². The Morgan fingerprint density at radius 3 is 2.81 bits per heavy atom. The number of fused-ring (bicyclic) bond motifs is 1. The second kappa shape index (κ2) is 6.49. The molecule has 0 saturated carbocycles. The number of hydrogen-bond acceptors (Lipinski definition) is 6. The molecule has 2 aromatic rings. The van der Waals surface area contributed by atoms with E-state index >= 15 is 0 Å². The van der Waals surface area contributed by atoms with E-state index in [9.17, 15) is 9.90 Å². The number of aliphatic hydroxyl groups excluding tert-OH is 1. The predicted octanol–water partition coefficient (Wildman–Crippen LogP) is 1.90. The van der Waals surface area contributed by atoms with Crippen LogP contribution in [0, 0.1) is 5.92 Å². The van der Waals surface area contributed by atoms with Gasteiger partial charge in [0.25, 0.3) is 0 Å². The van der Waals surface area contributed by atoms with Crippen molar-refractivity contribution < 1.29 is 24.1 Å². The highest BCUT2D eigenvalue weighted by Crippen LogP contribution is 2.40. The topological polar surface area (TPSA) is 89.1 Å². The van der Waals surface area contributed by atoms with E-state index in [4.69, 9.17) is 19.0 Å². The Morgan fingerprint density at radius 1 is 1.38 bits per heavy atom. The first-order valence-corrected chi connectivity index (χ1v) is 6.64. The maximum absolute atomic E-state index is 11.4. The van der Waals surface area contributed by atoms with Gasteiger partial charge in [0.2, 0.25) is 5.75 Å². The quantitative estimate of drug-likeness (QED) is 0.791. The fraction of sp³-hybridized carbons (Fsp3) is 0.400. The zero-order chi connectivity index (χ0) is 15.4. The summed E-state index contributed by atoms with van der Waals surface area (Å²) in [4.78, 5) is 11.4. The minimum absolute atomic E-state index is 0.0540. The van der Waals surface area contributed by atoms with E-state index in [1.54, 1.807) is 0 Å². The van der Waals surface area contributed by atoms with Gasteiger partial charge in [0, 0.05) is 18.7 Å². The number of rotatable bonds is 6. The molecule has 0 aliphatic rings. The summed E-state index contributed by atoms with van der Waals surface area (Å²) < 4.78 is 15.9. The number of aromatic hydroxyl groups is 1. The smallest absolute Gasteiger partial charge is 0.336 e. The van der Waals surface area contributed by atoms with Crippen molar-refractivity contribution >= 4 is 11.0 Å². The molecule has 0 bridgehead atoms. The Kier molecular flexibility index (Phi) is 4.70. The highest BCUT2D eigenvalue weighted by Gasteiger charge is 2.17. The number of phenols is 1. The van der Waals surface area contributed by atoms with Crippen LogP contribution in [0.5, 0.6) is 17.2 Å². The molecule has 0 amide bonds. The summed E-state index contributed by atoms with van der Waals surface area (Å²) in [5, 5.41) is 19.3. The number of ether oxygens (including phenoxy) is 2. The molecule has 6 heteroatoms. The minimum atomic E-state index is -0.538. The predicted molar refractivity (Wildman–Crippen MR) is 77.1 cm³/mol. The van der Waals surface area contributed by atoms with E-state index in [1.807, 2.05) is 6.92 Å². The highest BCUT2D eigenvalue weighted by molar-refractivity contribution is 5.90. The summed E-state index contributed by atoms with van der Waals surface area (Å²) in [5.41, 5.74) is -0.389. The zero-order valence-electron chi connectivity index (χ0n) is 12.0. The maximum atomic E-state index is 11.4. The van der Waals surface area contributed by atoms with Crippen LogP contribution in [0.2, 0.25) is 0 Å². The molecular formula is C15H18O6. The van der Waals surface area contributed by atoms with Gasteiger partial charge >= 0.3 is 5.63 Å². The van der Waals surface area contributed by atoms with Crippen LogP contribution in [0.25, 0.3) is 11.0 Å². The van der Waals surface area contributed by atoms with Gasteiger partial charge < -0.3 is 24.1 Å². The fourth-order valence-electron chi connectivity index (χ4n) is 1.91. The van der Waals surface area contributed by atoms with Gasteiger partial charge in [-0.05, 0) is 18.4 Å². The molecule has 0 fully saturated rings. The number of hydrogen-bond donors (Lipinski definition) is 2. The lowest BCUT2D eigenvalue weighted by atomic mass is 10.1. The van der Waals surface area contributed by atoms with Gasteiger partial charge in [0.05, 0.1) is 19.1 Å². The number of aliphatic hydroxyl groups is 1. The Balaban J connectivity index is 2.41. The van der Waals surface area contributed by atoms with Gasteiger partial charge in [-0.1, -0.05) is 6.92 Å². The summed E-state index contributed by atoms with van der Waals surface area (Å²) in [7, 11) is 1.44. The number of benzene rings is 1. The van der Waals surface area contributed by atoms with Crippen LogP contribution in [0.1, 0.15) is 13.3 Å². The first kappa shape index (κ1) is 15.2. The molecule has 0 spiro atoms. The van der Waals surface area contributed by atoms with Crippen LogP contribution in [0.3, 0.4) is 0 Å². The van der Waals surface area contributed by atoms with Gasteiger partial charge in [-0.3, -0.25) is 0 Å². The van der Waals surface area contributed by atoms with Crippen molar-refractivity contribution in [2.75, 3.05) is 20.3 Å². The van der Waals surface area contributed by atoms with Gasteiger partial charge in [0.15, 0.2) is 11.3 Å². The third-order valence-electron chi connectivity index (χ3n) is 3.20. The Hall–Kier alpha value is -2.21. The normalized spacial score (nSPS) is 12.3. The number of methoxy groups -OCH3 is 1. The summed E-state index contributed by atoms with van der Waals surface area (Å²) in [6.07, 6.45) is 0.638. The summed E-state index contributed by atoms with van der Waals surface area (Å²) in [6.45, 7) is 2.30. The van der Waals surface area contributed by atoms with Gasteiger partial charge in [0.1, 0.15) is 5.75 Å². The average molecular weight is 294 g/mol. The molecule has 6 nitrogen and oxygen atoms in total. The number of phenolic OH excluding ortho intramolecular Hbond substituents is 1. The van der Waals surface area contributed by atoms with Crippen molar-refractivity contribution in [3.8, 4) is 17.2 Å². The summed E-state index contributed by atoms with van der Waals surface area (Å²) in [6, 6.07) is 4.11. The second-order valence-electron chi connectivity index (χ2n) is 4.85.